The van der Waals surface area contributed by atoms with Crippen LogP contribution in [0.15, 0.2) is 42.9 Å². The molecule has 49 heavy (non-hydrogen) atoms. The first kappa shape index (κ1) is 36.8. The highest BCUT2D eigenvalue weighted by molar-refractivity contribution is 5.92. The van der Waals surface area contributed by atoms with Gasteiger partial charge in [0.15, 0.2) is 0 Å². The Bertz CT molecular complexity index is 1330. The maximum atomic E-state index is 14.4. The Morgan fingerprint density at radius 3 is 2.39 bits per heavy atom. The summed E-state index contributed by atoms with van der Waals surface area (Å²) in [5.41, 5.74) is 0.972. The number of nitrogens with zero attached hydrogens (tertiary/aromatic N) is 3. The van der Waals surface area contributed by atoms with Crippen LogP contribution < -0.4 is 10.6 Å². The Hall–Kier alpha value is -3.48. The normalized spacial score (nSPS) is 22.1. The van der Waals surface area contributed by atoms with Gasteiger partial charge in [-0.15, -0.1) is 0 Å². The number of urea groups is 1. The van der Waals surface area contributed by atoms with Gasteiger partial charge in [-0.05, 0) is 51.0 Å². The number of aliphatic hydroxyl groups is 1. The number of piperidine rings is 1. The third-order valence-electron chi connectivity index (χ3n) is 10.6. The molecule has 1 aromatic carbocycles. The summed E-state index contributed by atoms with van der Waals surface area (Å²) < 4.78 is 11.6. The van der Waals surface area contributed by atoms with Gasteiger partial charge in [0.1, 0.15) is 18.9 Å². The molecular formula is C37H56N6O6. The van der Waals surface area contributed by atoms with Crippen LogP contribution in [0.1, 0.15) is 89.3 Å². The second-order valence-corrected chi connectivity index (χ2v) is 14.6. The van der Waals surface area contributed by atoms with Crippen LogP contribution in [0.4, 0.5) is 4.79 Å². The van der Waals surface area contributed by atoms with Crippen molar-refractivity contribution in [2.24, 2.45) is 5.92 Å². The molecule has 3 fully saturated rings. The number of hydrogen-bond donors (Lipinski definition) is 4. The van der Waals surface area contributed by atoms with E-state index in [1.807, 2.05) is 44.2 Å². The number of aromatic nitrogens is 2. The Labute approximate surface area is 290 Å². The third kappa shape index (κ3) is 10.3. The van der Waals surface area contributed by atoms with Crippen molar-refractivity contribution < 1.29 is 29.0 Å². The molecule has 1 saturated carbocycles. The molecule has 4 N–H and O–H groups in total. The average Bonchev–Trinajstić information content (AvgIpc) is 3.75. The van der Waals surface area contributed by atoms with Gasteiger partial charge in [0.2, 0.25) is 11.8 Å². The van der Waals surface area contributed by atoms with E-state index in [0.717, 1.165) is 50.5 Å². The number of likely N-dealkylation sites (N-methyl/N-ethyl adjacent to an activating group) is 1. The summed E-state index contributed by atoms with van der Waals surface area (Å²) in [5, 5.41) is 17.8. The van der Waals surface area contributed by atoms with Gasteiger partial charge in [-0.1, -0.05) is 62.4 Å². The lowest BCUT2D eigenvalue weighted by Crippen LogP contribution is -2.59. The summed E-state index contributed by atoms with van der Waals surface area (Å²) in [6, 6.07) is 6.94. The largest absolute Gasteiger partial charge is 0.391 e. The molecule has 5 atom stereocenters. The van der Waals surface area contributed by atoms with Gasteiger partial charge in [0, 0.05) is 45.6 Å². The minimum Gasteiger partial charge on any atom is -0.391 e. The molecule has 3 aliphatic rings. The number of aliphatic hydroxyl groups excluding tert-OH is 1. The first-order valence-corrected chi connectivity index (χ1v) is 18.2. The van der Waals surface area contributed by atoms with E-state index in [0.29, 0.717) is 37.5 Å². The molecule has 5 rings (SSSR count). The van der Waals surface area contributed by atoms with Gasteiger partial charge in [0.25, 0.3) is 0 Å². The Kier molecular flexibility index (Phi) is 13.1. The highest BCUT2D eigenvalue weighted by Gasteiger charge is 2.41. The molecule has 2 saturated heterocycles. The van der Waals surface area contributed by atoms with Crippen molar-refractivity contribution in [1.29, 1.82) is 0 Å². The number of likely N-dealkylation sites (tertiary alicyclic amines) is 1. The Balaban J connectivity index is 1.37. The lowest BCUT2D eigenvalue weighted by molar-refractivity contribution is -0.141. The molecule has 2 aliphatic heterocycles. The van der Waals surface area contributed by atoms with Crippen LogP contribution in [-0.2, 0) is 31.9 Å². The van der Waals surface area contributed by atoms with E-state index in [4.69, 9.17) is 9.47 Å². The molecule has 0 bridgehead atoms. The summed E-state index contributed by atoms with van der Waals surface area (Å²) in [4.78, 5) is 52.7. The first-order chi connectivity index (χ1) is 23.6. The lowest BCUT2D eigenvalue weighted by atomic mass is 9.82. The number of ether oxygens (including phenoxy) is 2. The number of rotatable bonds is 14. The zero-order valence-corrected chi connectivity index (χ0v) is 29.4. The maximum Gasteiger partial charge on any atom is 0.318 e. The molecule has 12 nitrogen and oxygen atoms in total. The predicted molar refractivity (Wildman–Crippen MR) is 185 cm³/mol. The second kappa shape index (κ2) is 17.4. The van der Waals surface area contributed by atoms with Crippen molar-refractivity contribution >= 4 is 17.8 Å². The molecule has 2 aromatic rings. The quantitative estimate of drug-likeness (QED) is 0.236. The fourth-order valence-electron chi connectivity index (χ4n) is 7.46. The minimum atomic E-state index is -0.940. The SMILES string of the molecule is CN(C(=O)[C@H](Cc1ccccc1)NC(=O)N1CCCCC1)[C@@H](Cc1c[nH]cn1)C(=O)N[C@@H](CC1CCCCC1)[C@@H](O)C[C@H]1OCOC1(C)C. The molecule has 12 heteroatoms. The third-order valence-corrected chi connectivity index (χ3v) is 10.6. The number of carbonyl (C=O) groups excluding carboxylic acids is 3. The highest BCUT2D eigenvalue weighted by atomic mass is 16.7. The monoisotopic (exact) mass is 680 g/mol. The smallest absolute Gasteiger partial charge is 0.318 e. The lowest BCUT2D eigenvalue weighted by Gasteiger charge is -2.36. The number of nitrogens with one attached hydrogen (secondary N) is 3. The van der Waals surface area contributed by atoms with E-state index in [-0.39, 0.29) is 43.6 Å². The Morgan fingerprint density at radius 1 is 1.02 bits per heavy atom. The zero-order chi connectivity index (χ0) is 34.8. The topological polar surface area (TPSA) is 149 Å². The van der Waals surface area contributed by atoms with Crippen LogP contribution in [-0.4, -0.2) is 106 Å². The van der Waals surface area contributed by atoms with Gasteiger partial charge in [-0.25, -0.2) is 9.78 Å². The highest BCUT2D eigenvalue weighted by Crippen LogP contribution is 2.32. The number of amides is 4. The van der Waals surface area contributed by atoms with E-state index in [2.05, 4.69) is 20.6 Å². The van der Waals surface area contributed by atoms with Crippen LogP contribution in [0.2, 0.25) is 0 Å². The van der Waals surface area contributed by atoms with Crippen molar-refractivity contribution in [2.45, 2.75) is 127 Å². The van der Waals surface area contributed by atoms with Gasteiger partial charge >= 0.3 is 6.03 Å². The zero-order valence-electron chi connectivity index (χ0n) is 29.4. The van der Waals surface area contributed by atoms with Crippen LogP contribution in [0, 0.1) is 5.92 Å². The fraction of sp³-hybridized carbons (Fsp3) is 0.676. The van der Waals surface area contributed by atoms with Crippen molar-refractivity contribution in [3.05, 3.63) is 54.1 Å². The van der Waals surface area contributed by atoms with E-state index < -0.39 is 29.8 Å². The van der Waals surface area contributed by atoms with Gasteiger partial charge in [-0.3, -0.25) is 9.59 Å². The number of benzene rings is 1. The second-order valence-electron chi connectivity index (χ2n) is 14.6. The molecule has 3 heterocycles. The number of hydrogen-bond acceptors (Lipinski definition) is 7. The fourth-order valence-corrected chi connectivity index (χ4v) is 7.46. The summed E-state index contributed by atoms with van der Waals surface area (Å²) in [5.74, 6) is -0.359. The van der Waals surface area contributed by atoms with Crippen molar-refractivity contribution in [3.8, 4) is 0 Å². The number of aromatic amines is 1. The molecule has 1 aromatic heterocycles. The van der Waals surface area contributed by atoms with Crippen LogP contribution in [0.5, 0.6) is 0 Å². The van der Waals surface area contributed by atoms with Crippen LogP contribution in [0.25, 0.3) is 0 Å². The van der Waals surface area contributed by atoms with Crippen LogP contribution in [0.3, 0.4) is 0 Å². The predicted octanol–water partition coefficient (Wildman–Crippen LogP) is 3.94. The summed E-state index contributed by atoms with van der Waals surface area (Å²) in [6.07, 6.45) is 12.0. The van der Waals surface area contributed by atoms with E-state index >= 15 is 0 Å². The molecular weight excluding hydrogens is 624 g/mol. The summed E-state index contributed by atoms with van der Waals surface area (Å²) >= 11 is 0. The van der Waals surface area contributed by atoms with Crippen molar-refractivity contribution in [3.63, 3.8) is 0 Å². The average molecular weight is 681 g/mol. The summed E-state index contributed by atoms with van der Waals surface area (Å²) in [7, 11) is 1.61. The molecule has 0 unspecified atom stereocenters. The van der Waals surface area contributed by atoms with E-state index in [1.165, 1.54) is 11.3 Å². The van der Waals surface area contributed by atoms with Gasteiger partial charge < -0.3 is 40.0 Å². The molecule has 0 radical (unpaired) electrons. The standard InChI is InChI=1S/C37H56N6O6/c1-37(2)33(48-25-49-37)22-32(44)29(19-26-13-7-4-8-14-26)40-34(45)31(21-28-23-38-24-39-28)42(3)35(46)30(20-27-15-9-5-10-16-27)41-36(47)43-17-11-6-12-18-43/h5,9-10,15-16,23-24,26,29-33,44H,4,6-8,11-14,17-22,25H2,1-3H3,(H,38,39)(H,40,45)(H,41,47)/t29-,30-,31-,32-,33+/m0/s1. The van der Waals surface area contributed by atoms with Gasteiger partial charge in [-0.2, -0.15) is 0 Å². The van der Waals surface area contributed by atoms with Crippen LogP contribution >= 0.6 is 0 Å². The van der Waals surface area contributed by atoms with Gasteiger partial charge in [0.05, 0.1) is 35.9 Å². The number of carbonyl (C=O) groups is 3. The minimum absolute atomic E-state index is 0.161. The summed E-state index contributed by atoms with van der Waals surface area (Å²) in [6.45, 7) is 5.36. The molecule has 270 valence electrons. The molecule has 0 spiro atoms. The van der Waals surface area contributed by atoms with Crippen molar-refractivity contribution in [1.82, 2.24) is 30.4 Å². The van der Waals surface area contributed by atoms with Crippen molar-refractivity contribution in [2.75, 3.05) is 26.9 Å². The maximum absolute atomic E-state index is 14.4. The molecule has 1 aliphatic carbocycles. The first-order valence-electron chi connectivity index (χ1n) is 18.2. The Morgan fingerprint density at radius 2 is 1.73 bits per heavy atom. The van der Waals surface area contributed by atoms with E-state index in [9.17, 15) is 19.5 Å². The number of H-pyrrole nitrogens is 1. The number of imidazole rings is 1. The molecule has 4 amide bonds. The van der Waals surface area contributed by atoms with E-state index in [1.54, 1.807) is 24.5 Å².